The monoisotopic (exact) mass is 388 g/mol. The van der Waals surface area contributed by atoms with E-state index in [-0.39, 0.29) is 5.91 Å². The first kappa shape index (κ1) is 16.1. The number of aromatic nitrogens is 1. The lowest BCUT2D eigenvalue weighted by Crippen LogP contribution is -2.26. The third kappa shape index (κ3) is 4.18. The molecule has 0 N–H and O–H groups in total. The van der Waals surface area contributed by atoms with Crippen LogP contribution < -0.4 is 0 Å². The molecule has 0 aliphatic carbocycles. The van der Waals surface area contributed by atoms with E-state index in [0.717, 1.165) is 20.6 Å². The molecule has 0 saturated heterocycles. The van der Waals surface area contributed by atoms with Crippen LogP contribution in [0.15, 0.2) is 53.0 Å². The predicted molar refractivity (Wildman–Crippen MR) is 98.6 cm³/mol. The van der Waals surface area contributed by atoms with Crippen molar-refractivity contribution in [3.8, 4) is 0 Å². The second-order valence-electron chi connectivity index (χ2n) is 5.45. The minimum absolute atomic E-state index is 0.146. The fourth-order valence-electron chi connectivity index (χ4n) is 2.38. The molecule has 3 nitrogen and oxygen atoms in total. The van der Waals surface area contributed by atoms with E-state index in [1.807, 2.05) is 49.5 Å². The molecule has 0 saturated carbocycles. The van der Waals surface area contributed by atoms with Gasteiger partial charge in [-0.25, -0.2) is 4.98 Å². The van der Waals surface area contributed by atoms with Crippen LogP contribution in [-0.4, -0.2) is 22.8 Å². The van der Waals surface area contributed by atoms with E-state index in [1.54, 1.807) is 16.2 Å². The van der Waals surface area contributed by atoms with Crippen LogP contribution in [0.3, 0.4) is 0 Å². The van der Waals surface area contributed by atoms with Crippen molar-refractivity contribution in [3.05, 3.63) is 63.6 Å². The number of benzene rings is 2. The van der Waals surface area contributed by atoms with E-state index in [4.69, 9.17) is 0 Å². The molecule has 0 bridgehead atoms. The van der Waals surface area contributed by atoms with Gasteiger partial charge in [-0.1, -0.05) is 40.2 Å². The molecule has 1 amide bonds. The first-order valence-electron chi connectivity index (χ1n) is 7.44. The molecule has 2 aromatic carbocycles. The Hall–Kier alpha value is -1.72. The Morgan fingerprint density at radius 3 is 2.65 bits per heavy atom. The van der Waals surface area contributed by atoms with Gasteiger partial charge in [0.2, 0.25) is 5.91 Å². The largest absolute Gasteiger partial charge is 0.341 e. The van der Waals surface area contributed by atoms with Crippen LogP contribution in [0.25, 0.3) is 10.2 Å². The standard InChI is InChI=1S/C18H17BrN2OS/c1-21(12-13-6-8-14(19)9-7-13)18(22)11-10-17-20-15-4-2-3-5-16(15)23-17/h2-9H,10-12H2,1H3. The molecule has 3 rings (SSSR count). The number of amides is 1. The summed E-state index contributed by atoms with van der Waals surface area (Å²) in [5.41, 5.74) is 2.15. The lowest BCUT2D eigenvalue weighted by molar-refractivity contribution is -0.130. The minimum Gasteiger partial charge on any atom is -0.341 e. The topological polar surface area (TPSA) is 33.2 Å². The molecular formula is C18H17BrN2OS. The number of hydrogen-bond acceptors (Lipinski definition) is 3. The zero-order valence-electron chi connectivity index (χ0n) is 12.8. The molecule has 0 unspecified atom stereocenters. The average Bonchev–Trinajstić information content (AvgIpc) is 2.97. The molecule has 1 aromatic heterocycles. The number of hydrogen-bond donors (Lipinski definition) is 0. The van der Waals surface area contributed by atoms with E-state index in [2.05, 4.69) is 27.0 Å². The number of aryl methyl sites for hydroxylation is 1. The number of para-hydroxylation sites is 1. The van der Waals surface area contributed by atoms with E-state index < -0.39 is 0 Å². The predicted octanol–water partition coefficient (Wildman–Crippen LogP) is 4.65. The van der Waals surface area contributed by atoms with Gasteiger partial charge in [-0.15, -0.1) is 11.3 Å². The van der Waals surface area contributed by atoms with Gasteiger partial charge in [0.1, 0.15) is 0 Å². The molecule has 3 aromatic rings. The molecule has 0 spiro atoms. The second-order valence-corrected chi connectivity index (χ2v) is 7.48. The summed E-state index contributed by atoms with van der Waals surface area (Å²) in [6.07, 6.45) is 1.19. The number of thiazole rings is 1. The summed E-state index contributed by atoms with van der Waals surface area (Å²) < 4.78 is 2.23. The first-order chi connectivity index (χ1) is 11.1. The normalized spacial score (nSPS) is 10.9. The Labute approximate surface area is 148 Å². The summed E-state index contributed by atoms with van der Waals surface area (Å²) in [5.74, 6) is 0.146. The van der Waals surface area contributed by atoms with Crippen molar-refractivity contribution >= 4 is 43.4 Å². The zero-order chi connectivity index (χ0) is 16.2. The van der Waals surface area contributed by atoms with Crippen LogP contribution >= 0.6 is 27.3 Å². The Morgan fingerprint density at radius 1 is 1.17 bits per heavy atom. The average molecular weight is 389 g/mol. The van der Waals surface area contributed by atoms with Crippen molar-refractivity contribution in [2.75, 3.05) is 7.05 Å². The number of fused-ring (bicyclic) bond motifs is 1. The van der Waals surface area contributed by atoms with Crippen molar-refractivity contribution in [3.63, 3.8) is 0 Å². The van der Waals surface area contributed by atoms with Gasteiger partial charge >= 0.3 is 0 Å². The van der Waals surface area contributed by atoms with Gasteiger partial charge in [-0.3, -0.25) is 4.79 Å². The summed E-state index contributed by atoms with van der Waals surface area (Å²) in [5, 5.41) is 1.02. The molecule has 5 heteroatoms. The van der Waals surface area contributed by atoms with E-state index in [0.29, 0.717) is 19.4 Å². The Bertz CT molecular complexity index is 780. The smallest absolute Gasteiger partial charge is 0.223 e. The third-order valence-corrected chi connectivity index (χ3v) is 5.27. The Kier molecular flexibility index (Phi) is 5.08. The number of rotatable bonds is 5. The maximum Gasteiger partial charge on any atom is 0.223 e. The van der Waals surface area contributed by atoms with Crippen molar-refractivity contribution in [1.82, 2.24) is 9.88 Å². The molecule has 118 valence electrons. The quantitative estimate of drug-likeness (QED) is 0.637. The summed E-state index contributed by atoms with van der Waals surface area (Å²) in [6, 6.07) is 16.1. The SMILES string of the molecule is CN(Cc1ccc(Br)cc1)C(=O)CCc1nc2ccccc2s1. The molecule has 23 heavy (non-hydrogen) atoms. The van der Waals surface area contributed by atoms with Gasteiger partial charge < -0.3 is 4.90 Å². The number of halogens is 1. The summed E-state index contributed by atoms with van der Waals surface area (Å²) in [7, 11) is 1.85. The van der Waals surface area contributed by atoms with Gasteiger partial charge in [0.15, 0.2) is 0 Å². The first-order valence-corrected chi connectivity index (χ1v) is 9.05. The summed E-state index contributed by atoms with van der Waals surface area (Å²) >= 11 is 5.09. The minimum atomic E-state index is 0.146. The van der Waals surface area contributed by atoms with Gasteiger partial charge in [0.05, 0.1) is 15.2 Å². The van der Waals surface area contributed by atoms with E-state index >= 15 is 0 Å². The maximum absolute atomic E-state index is 12.3. The Morgan fingerprint density at radius 2 is 1.91 bits per heavy atom. The molecule has 0 atom stereocenters. The number of nitrogens with zero attached hydrogens (tertiary/aromatic N) is 2. The highest BCUT2D eigenvalue weighted by Gasteiger charge is 2.11. The molecular weight excluding hydrogens is 372 g/mol. The zero-order valence-corrected chi connectivity index (χ0v) is 15.2. The lowest BCUT2D eigenvalue weighted by Gasteiger charge is -2.17. The molecule has 0 radical (unpaired) electrons. The van der Waals surface area contributed by atoms with Crippen molar-refractivity contribution in [2.24, 2.45) is 0 Å². The Balaban J connectivity index is 1.56. The van der Waals surface area contributed by atoms with Crippen LogP contribution in [0.4, 0.5) is 0 Å². The molecule has 1 heterocycles. The highest BCUT2D eigenvalue weighted by molar-refractivity contribution is 9.10. The van der Waals surface area contributed by atoms with Crippen LogP contribution in [0, 0.1) is 0 Å². The highest BCUT2D eigenvalue weighted by Crippen LogP contribution is 2.22. The van der Waals surface area contributed by atoms with Crippen LogP contribution in [0.1, 0.15) is 17.0 Å². The fraction of sp³-hybridized carbons (Fsp3) is 0.222. The maximum atomic E-state index is 12.3. The van der Waals surface area contributed by atoms with Crippen LogP contribution in [0.2, 0.25) is 0 Å². The lowest BCUT2D eigenvalue weighted by atomic mass is 10.2. The van der Waals surface area contributed by atoms with E-state index in [1.165, 1.54) is 4.70 Å². The third-order valence-electron chi connectivity index (χ3n) is 3.65. The molecule has 0 aliphatic heterocycles. The highest BCUT2D eigenvalue weighted by atomic mass is 79.9. The summed E-state index contributed by atoms with van der Waals surface area (Å²) in [6.45, 7) is 0.631. The van der Waals surface area contributed by atoms with Crippen LogP contribution in [0.5, 0.6) is 0 Å². The molecule has 0 fully saturated rings. The van der Waals surface area contributed by atoms with Crippen LogP contribution in [-0.2, 0) is 17.8 Å². The van der Waals surface area contributed by atoms with Gasteiger partial charge in [-0.05, 0) is 29.8 Å². The van der Waals surface area contributed by atoms with Crippen molar-refractivity contribution in [1.29, 1.82) is 0 Å². The van der Waals surface area contributed by atoms with E-state index in [9.17, 15) is 4.79 Å². The van der Waals surface area contributed by atoms with Gasteiger partial charge in [0, 0.05) is 30.9 Å². The van der Waals surface area contributed by atoms with Gasteiger partial charge in [0.25, 0.3) is 0 Å². The van der Waals surface area contributed by atoms with Crippen molar-refractivity contribution in [2.45, 2.75) is 19.4 Å². The molecule has 0 aliphatic rings. The van der Waals surface area contributed by atoms with Crippen molar-refractivity contribution < 1.29 is 4.79 Å². The fourth-order valence-corrected chi connectivity index (χ4v) is 3.61. The van der Waals surface area contributed by atoms with Gasteiger partial charge in [-0.2, -0.15) is 0 Å². The number of carbonyl (C=O) groups is 1. The number of carbonyl (C=O) groups excluding carboxylic acids is 1. The second kappa shape index (κ2) is 7.23. The summed E-state index contributed by atoms with van der Waals surface area (Å²) in [4.78, 5) is 18.7.